The maximum atomic E-state index is 12.0. The molecule has 0 aliphatic carbocycles. The molecule has 0 spiro atoms. The number of aliphatic hydroxyl groups is 4. The largest absolute Gasteiger partial charge is 0.463 e. The fourth-order valence-electron chi connectivity index (χ4n) is 5.38. The Morgan fingerprint density at radius 3 is 1.51 bits per heavy atom. The van der Waals surface area contributed by atoms with Crippen LogP contribution >= 0.6 is 0 Å². The Labute approximate surface area is 310 Å². The van der Waals surface area contributed by atoms with Crippen molar-refractivity contribution in [1.29, 1.82) is 0 Å². The molecular formula is C43H74O8. The van der Waals surface area contributed by atoms with Crippen LogP contribution in [0.2, 0.25) is 0 Å². The highest BCUT2D eigenvalue weighted by molar-refractivity contribution is 5.69. The monoisotopic (exact) mass is 719 g/mol. The molecule has 0 aromatic carbocycles. The number of aliphatic hydroxyl groups excluding tert-OH is 4. The Morgan fingerprint density at radius 1 is 0.549 bits per heavy atom. The zero-order chi connectivity index (χ0) is 37.8. The predicted octanol–water partition coefficient (Wildman–Crippen LogP) is 9.17. The van der Waals surface area contributed by atoms with Gasteiger partial charge in [-0.1, -0.05) is 171 Å². The van der Waals surface area contributed by atoms with Crippen LogP contribution in [0.5, 0.6) is 0 Å². The lowest BCUT2D eigenvalue weighted by molar-refractivity contribution is -0.152. The van der Waals surface area contributed by atoms with Gasteiger partial charge in [0.05, 0.1) is 18.3 Å². The molecule has 0 saturated carbocycles. The first-order valence-electron chi connectivity index (χ1n) is 20.0. The van der Waals surface area contributed by atoms with E-state index in [9.17, 15) is 30.0 Å². The van der Waals surface area contributed by atoms with E-state index in [4.69, 9.17) is 9.47 Å². The van der Waals surface area contributed by atoms with Crippen molar-refractivity contribution in [2.75, 3.05) is 13.2 Å². The number of esters is 2. The minimum atomic E-state index is -1.09. The second-order valence-electron chi connectivity index (χ2n) is 14.1. The van der Waals surface area contributed by atoms with Crippen molar-refractivity contribution < 1.29 is 39.5 Å². The van der Waals surface area contributed by atoms with Gasteiger partial charge in [-0.2, -0.15) is 0 Å². The lowest BCUT2D eigenvalue weighted by Gasteiger charge is -2.14. The van der Waals surface area contributed by atoms with Crippen LogP contribution in [-0.2, 0) is 19.1 Å². The summed E-state index contributed by atoms with van der Waals surface area (Å²) in [5, 5.41) is 40.1. The van der Waals surface area contributed by atoms with Gasteiger partial charge in [0.1, 0.15) is 19.3 Å². The number of hydrogen-bond acceptors (Lipinski definition) is 8. The molecule has 0 aromatic rings. The average Bonchev–Trinajstić information content (AvgIpc) is 3.10. The molecule has 0 rings (SSSR count). The van der Waals surface area contributed by atoms with Gasteiger partial charge in [-0.15, -0.1) is 0 Å². The standard InChI is InChI=1S/C43H74O8/c1-4-5-22-29-38(44)30-24-19-16-17-20-25-31-40(46)41(47)32-27-34-43(49)51-36-39(45)35-50-42(48)33-26-21-15-13-11-9-7-6-8-10-12-14-18-23-28-37(2)3/h5,16-17,19-20,22,24-25,30-31,37-41,44-47H,4,6-15,18,21,23,26-29,32-36H2,1-3H3/b19-16+,20-17-,22-5-,30-24+,31-25-/t38-,39-,40+,41+/m1/s1. The highest BCUT2D eigenvalue weighted by atomic mass is 16.6. The van der Waals surface area contributed by atoms with Crippen molar-refractivity contribution in [2.45, 2.75) is 180 Å². The van der Waals surface area contributed by atoms with Gasteiger partial charge in [0.2, 0.25) is 0 Å². The number of hydrogen-bond donors (Lipinski definition) is 4. The van der Waals surface area contributed by atoms with Crippen molar-refractivity contribution in [1.82, 2.24) is 0 Å². The van der Waals surface area contributed by atoms with Gasteiger partial charge >= 0.3 is 11.9 Å². The number of rotatable bonds is 34. The van der Waals surface area contributed by atoms with E-state index in [1.54, 1.807) is 42.5 Å². The molecule has 4 N–H and O–H groups in total. The molecule has 0 aliphatic rings. The summed E-state index contributed by atoms with van der Waals surface area (Å²) in [4.78, 5) is 24.0. The summed E-state index contributed by atoms with van der Waals surface area (Å²) in [7, 11) is 0. The third-order valence-corrected chi connectivity index (χ3v) is 8.54. The first-order chi connectivity index (χ1) is 24.6. The van der Waals surface area contributed by atoms with Gasteiger partial charge in [-0.05, 0) is 38.0 Å². The summed E-state index contributed by atoms with van der Waals surface area (Å²) >= 11 is 0. The van der Waals surface area contributed by atoms with Gasteiger partial charge in [0.15, 0.2) is 0 Å². The first kappa shape index (κ1) is 48.5. The summed E-state index contributed by atoms with van der Waals surface area (Å²) in [5.41, 5.74) is 0. The summed E-state index contributed by atoms with van der Waals surface area (Å²) < 4.78 is 10.2. The van der Waals surface area contributed by atoms with E-state index in [2.05, 4.69) is 13.8 Å². The van der Waals surface area contributed by atoms with E-state index in [1.807, 2.05) is 19.1 Å². The van der Waals surface area contributed by atoms with Crippen LogP contribution in [0.15, 0.2) is 60.8 Å². The average molecular weight is 719 g/mol. The van der Waals surface area contributed by atoms with E-state index in [1.165, 1.54) is 83.1 Å². The van der Waals surface area contributed by atoms with Crippen LogP contribution in [0, 0.1) is 5.92 Å². The quantitative estimate of drug-likeness (QED) is 0.0224. The van der Waals surface area contributed by atoms with Crippen molar-refractivity contribution in [3.8, 4) is 0 Å². The molecule has 0 radical (unpaired) electrons. The van der Waals surface area contributed by atoms with E-state index in [-0.39, 0.29) is 32.0 Å². The Kier molecular flexibility index (Phi) is 34.1. The minimum Gasteiger partial charge on any atom is -0.463 e. The predicted molar refractivity (Wildman–Crippen MR) is 209 cm³/mol. The smallest absolute Gasteiger partial charge is 0.305 e. The van der Waals surface area contributed by atoms with Gasteiger partial charge in [-0.25, -0.2) is 0 Å². The lowest BCUT2D eigenvalue weighted by Crippen LogP contribution is -2.26. The zero-order valence-electron chi connectivity index (χ0n) is 32.3. The summed E-state index contributed by atoms with van der Waals surface area (Å²) in [6.07, 6.45) is 35.2. The van der Waals surface area contributed by atoms with Crippen molar-refractivity contribution in [3.05, 3.63) is 60.8 Å². The maximum absolute atomic E-state index is 12.0. The van der Waals surface area contributed by atoms with Crippen LogP contribution in [-0.4, -0.2) is 70.0 Å². The molecule has 8 heteroatoms. The Morgan fingerprint density at radius 2 is 1.00 bits per heavy atom. The maximum Gasteiger partial charge on any atom is 0.305 e. The zero-order valence-corrected chi connectivity index (χ0v) is 32.3. The van der Waals surface area contributed by atoms with Crippen LogP contribution in [0.25, 0.3) is 0 Å². The lowest BCUT2D eigenvalue weighted by atomic mass is 10.0. The molecular weight excluding hydrogens is 644 g/mol. The first-order valence-corrected chi connectivity index (χ1v) is 20.0. The van der Waals surface area contributed by atoms with E-state index in [0.717, 1.165) is 31.6 Å². The molecule has 0 aliphatic heterocycles. The van der Waals surface area contributed by atoms with Gasteiger partial charge in [0, 0.05) is 12.8 Å². The minimum absolute atomic E-state index is 0.0284. The molecule has 0 saturated heterocycles. The fourth-order valence-corrected chi connectivity index (χ4v) is 5.38. The number of allylic oxidation sites excluding steroid dienone is 7. The molecule has 0 amide bonds. The Hall–Kier alpha value is -2.52. The van der Waals surface area contributed by atoms with Crippen LogP contribution in [0.1, 0.15) is 156 Å². The molecule has 51 heavy (non-hydrogen) atoms. The van der Waals surface area contributed by atoms with E-state index in [0.29, 0.717) is 19.3 Å². The topological polar surface area (TPSA) is 134 Å². The molecule has 0 unspecified atom stereocenters. The van der Waals surface area contributed by atoms with E-state index >= 15 is 0 Å². The molecule has 0 fully saturated rings. The normalized spacial score (nSPS) is 14.8. The summed E-state index contributed by atoms with van der Waals surface area (Å²) in [5.74, 6) is -0.0522. The van der Waals surface area contributed by atoms with Crippen LogP contribution in [0.3, 0.4) is 0 Å². The van der Waals surface area contributed by atoms with Gasteiger partial charge < -0.3 is 29.9 Å². The van der Waals surface area contributed by atoms with Gasteiger partial charge in [0.25, 0.3) is 0 Å². The number of unbranched alkanes of at least 4 members (excludes halogenated alkanes) is 13. The van der Waals surface area contributed by atoms with Crippen molar-refractivity contribution in [3.63, 3.8) is 0 Å². The Bertz CT molecular complexity index is 967. The fraction of sp³-hybridized carbons (Fsp3) is 0.721. The molecule has 4 atom stereocenters. The molecule has 0 bridgehead atoms. The molecule has 0 aromatic heterocycles. The van der Waals surface area contributed by atoms with Gasteiger partial charge in [-0.3, -0.25) is 9.59 Å². The highest BCUT2D eigenvalue weighted by Gasteiger charge is 2.15. The van der Waals surface area contributed by atoms with Crippen LogP contribution < -0.4 is 0 Å². The summed E-state index contributed by atoms with van der Waals surface area (Å²) in [6, 6.07) is 0. The summed E-state index contributed by atoms with van der Waals surface area (Å²) in [6.45, 7) is 6.16. The SMILES string of the molecule is CC/C=C\C[C@@H](O)/C=C/C=C/C=C\C=C/[C@H](O)[C@@H](O)CCCC(=O)OC[C@H](O)COC(=O)CCCCCCCCCCCCCCCCC(C)C. The number of ether oxygens (including phenoxy) is 2. The molecule has 294 valence electrons. The number of carbonyl (C=O) groups excluding carboxylic acids is 2. The van der Waals surface area contributed by atoms with Crippen molar-refractivity contribution in [2.24, 2.45) is 5.92 Å². The van der Waals surface area contributed by atoms with Crippen molar-refractivity contribution >= 4 is 11.9 Å². The number of carbonyl (C=O) groups is 2. The molecule has 8 nitrogen and oxygen atoms in total. The second-order valence-corrected chi connectivity index (χ2v) is 14.1. The molecule has 0 heterocycles. The van der Waals surface area contributed by atoms with E-state index < -0.39 is 30.4 Å². The second kappa shape index (κ2) is 35.9. The van der Waals surface area contributed by atoms with Crippen LogP contribution in [0.4, 0.5) is 0 Å². The highest BCUT2D eigenvalue weighted by Crippen LogP contribution is 2.15. The third kappa shape index (κ3) is 35.7. The third-order valence-electron chi connectivity index (χ3n) is 8.54. The Balaban J connectivity index is 3.76.